The van der Waals surface area contributed by atoms with Crippen molar-refractivity contribution < 1.29 is 4.79 Å². The topological polar surface area (TPSA) is 29.1 Å². The molecule has 0 aliphatic heterocycles. The van der Waals surface area contributed by atoms with Crippen LogP contribution >= 0.6 is 27.3 Å². The molecule has 1 N–H and O–H groups in total. The average Bonchev–Trinajstić information content (AvgIpc) is 2.83. The van der Waals surface area contributed by atoms with Gasteiger partial charge in [-0.3, -0.25) is 4.79 Å². The average molecular weight is 338 g/mol. The SMILES string of the molecule is CC(C)c1ccc(CNC(=O)c2csc(Br)c2)cc1. The number of rotatable bonds is 4. The molecule has 1 aromatic heterocycles. The molecule has 2 aromatic rings. The zero-order valence-electron chi connectivity index (χ0n) is 10.9. The monoisotopic (exact) mass is 337 g/mol. The van der Waals surface area contributed by atoms with Crippen molar-refractivity contribution in [2.24, 2.45) is 0 Å². The lowest BCUT2D eigenvalue weighted by atomic mass is 10.0. The van der Waals surface area contributed by atoms with Crippen LogP contribution < -0.4 is 5.32 Å². The second-order valence-corrected chi connectivity index (χ2v) is 7.01. The van der Waals surface area contributed by atoms with E-state index in [0.717, 1.165) is 9.35 Å². The Hall–Kier alpha value is -1.13. The van der Waals surface area contributed by atoms with Crippen molar-refractivity contribution >= 4 is 33.2 Å². The van der Waals surface area contributed by atoms with Crippen molar-refractivity contribution in [2.45, 2.75) is 26.3 Å². The van der Waals surface area contributed by atoms with Gasteiger partial charge in [-0.2, -0.15) is 0 Å². The van der Waals surface area contributed by atoms with Gasteiger partial charge in [0.2, 0.25) is 0 Å². The van der Waals surface area contributed by atoms with E-state index >= 15 is 0 Å². The van der Waals surface area contributed by atoms with Crippen molar-refractivity contribution in [3.8, 4) is 0 Å². The van der Waals surface area contributed by atoms with Crippen LogP contribution in [0.3, 0.4) is 0 Å². The molecule has 2 rings (SSSR count). The Kier molecular flexibility index (Phi) is 4.77. The normalized spacial score (nSPS) is 10.7. The van der Waals surface area contributed by atoms with Gasteiger partial charge in [-0.15, -0.1) is 11.3 Å². The molecule has 0 atom stereocenters. The fraction of sp³-hybridized carbons (Fsp3) is 0.267. The van der Waals surface area contributed by atoms with Crippen LogP contribution in [-0.2, 0) is 6.54 Å². The third-order valence-corrected chi connectivity index (χ3v) is 4.43. The van der Waals surface area contributed by atoms with Gasteiger partial charge in [-0.25, -0.2) is 0 Å². The Balaban J connectivity index is 1.93. The van der Waals surface area contributed by atoms with E-state index in [0.29, 0.717) is 18.0 Å². The molecule has 0 bridgehead atoms. The molecular formula is C15H16BrNOS. The van der Waals surface area contributed by atoms with E-state index in [2.05, 4.69) is 59.4 Å². The van der Waals surface area contributed by atoms with Crippen LogP contribution in [0, 0.1) is 0 Å². The summed E-state index contributed by atoms with van der Waals surface area (Å²) >= 11 is 4.87. The van der Waals surface area contributed by atoms with Gasteiger partial charge in [0.05, 0.1) is 9.35 Å². The molecule has 0 aliphatic rings. The quantitative estimate of drug-likeness (QED) is 0.870. The number of halogens is 1. The van der Waals surface area contributed by atoms with Crippen LogP contribution in [-0.4, -0.2) is 5.91 Å². The molecule has 1 heterocycles. The molecule has 100 valence electrons. The first-order valence-corrected chi connectivity index (χ1v) is 7.84. The molecule has 0 saturated carbocycles. The van der Waals surface area contributed by atoms with Gasteiger partial charge in [-0.05, 0) is 39.0 Å². The predicted octanol–water partition coefficient (Wildman–Crippen LogP) is 4.56. The molecular weight excluding hydrogens is 322 g/mol. The Morgan fingerprint density at radius 2 is 2.00 bits per heavy atom. The van der Waals surface area contributed by atoms with Crippen LogP contribution in [0.15, 0.2) is 39.5 Å². The predicted molar refractivity (Wildman–Crippen MR) is 83.7 cm³/mol. The lowest BCUT2D eigenvalue weighted by Crippen LogP contribution is -2.22. The number of amides is 1. The maximum atomic E-state index is 11.9. The zero-order valence-corrected chi connectivity index (χ0v) is 13.3. The highest BCUT2D eigenvalue weighted by molar-refractivity contribution is 9.11. The van der Waals surface area contributed by atoms with E-state index in [9.17, 15) is 4.79 Å². The number of hydrogen-bond donors (Lipinski definition) is 1. The van der Waals surface area contributed by atoms with Crippen LogP contribution in [0.4, 0.5) is 0 Å². The molecule has 0 aliphatic carbocycles. The van der Waals surface area contributed by atoms with Gasteiger partial charge in [-0.1, -0.05) is 38.1 Å². The largest absolute Gasteiger partial charge is 0.348 e. The summed E-state index contributed by atoms with van der Waals surface area (Å²) in [5.41, 5.74) is 3.14. The summed E-state index contributed by atoms with van der Waals surface area (Å²) in [6.45, 7) is 4.90. The third kappa shape index (κ3) is 3.91. The van der Waals surface area contributed by atoms with E-state index in [1.807, 2.05) is 11.4 Å². The van der Waals surface area contributed by atoms with Crippen LogP contribution in [0.25, 0.3) is 0 Å². The highest BCUT2D eigenvalue weighted by Crippen LogP contribution is 2.20. The third-order valence-electron chi connectivity index (χ3n) is 2.93. The number of hydrogen-bond acceptors (Lipinski definition) is 2. The van der Waals surface area contributed by atoms with Gasteiger partial charge in [0, 0.05) is 11.9 Å². The smallest absolute Gasteiger partial charge is 0.252 e. The Bertz CT molecular complexity index is 560. The van der Waals surface area contributed by atoms with Gasteiger partial charge < -0.3 is 5.32 Å². The minimum Gasteiger partial charge on any atom is -0.348 e. The second kappa shape index (κ2) is 6.35. The summed E-state index contributed by atoms with van der Waals surface area (Å²) in [6, 6.07) is 10.2. The van der Waals surface area contributed by atoms with Crippen LogP contribution in [0.5, 0.6) is 0 Å². The van der Waals surface area contributed by atoms with Crippen molar-refractivity contribution in [1.29, 1.82) is 0 Å². The van der Waals surface area contributed by atoms with Crippen molar-refractivity contribution in [2.75, 3.05) is 0 Å². The molecule has 1 amide bonds. The molecule has 4 heteroatoms. The molecule has 0 saturated heterocycles. The van der Waals surface area contributed by atoms with Gasteiger partial charge >= 0.3 is 0 Å². The molecule has 0 radical (unpaired) electrons. The minimum absolute atomic E-state index is 0.0325. The first-order chi connectivity index (χ1) is 9.06. The molecule has 2 nitrogen and oxygen atoms in total. The van der Waals surface area contributed by atoms with Gasteiger partial charge in [0.25, 0.3) is 5.91 Å². The number of thiophene rings is 1. The maximum Gasteiger partial charge on any atom is 0.252 e. The zero-order chi connectivity index (χ0) is 13.8. The summed E-state index contributed by atoms with van der Waals surface area (Å²) in [7, 11) is 0. The number of nitrogens with one attached hydrogen (secondary N) is 1. The fourth-order valence-electron chi connectivity index (χ4n) is 1.73. The number of carbonyl (C=O) groups is 1. The maximum absolute atomic E-state index is 11.9. The Labute approximate surface area is 126 Å². The van der Waals surface area contributed by atoms with Crippen molar-refractivity contribution in [3.63, 3.8) is 0 Å². The molecule has 19 heavy (non-hydrogen) atoms. The second-order valence-electron chi connectivity index (χ2n) is 4.72. The highest BCUT2D eigenvalue weighted by Gasteiger charge is 2.07. The van der Waals surface area contributed by atoms with Crippen molar-refractivity contribution in [1.82, 2.24) is 5.32 Å². The first-order valence-electron chi connectivity index (χ1n) is 6.17. The summed E-state index contributed by atoms with van der Waals surface area (Å²) in [5.74, 6) is 0.502. The van der Waals surface area contributed by atoms with E-state index < -0.39 is 0 Å². The summed E-state index contributed by atoms with van der Waals surface area (Å²) in [6.07, 6.45) is 0. The highest BCUT2D eigenvalue weighted by atomic mass is 79.9. The standard InChI is InChI=1S/C15H16BrNOS/c1-10(2)12-5-3-11(4-6-12)8-17-15(18)13-7-14(16)19-9-13/h3-7,9-10H,8H2,1-2H3,(H,17,18). The van der Waals surface area contributed by atoms with E-state index in [-0.39, 0.29) is 5.91 Å². The first kappa shape index (κ1) is 14.3. The molecule has 0 unspecified atom stereocenters. The number of benzene rings is 1. The fourth-order valence-corrected chi connectivity index (χ4v) is 2.87. The Morgan fingerprint density at radius 1 is 1.32 bits per heavy atom. The van der Waals surface area contributed by atoms with Gasteiger partial charge in [0.1, 0.15) is 0 Å². The number of carbonyl (C=O) groups excluding carboxylic acids is 1. The van der Waals surface area contributed by atoms with Crippen LogP contribution in [0.2, 0.25) is 0 Å². The van der Waals surface area contributed by atoms with Crippen LogP contribution in [0.1, 0.15) is 41.3 Å². The Morgan fingerprint density at radius 3 is 2.53 bits per heavy atom. The van der Waals surface area contributed by atoms with E-state index in [1.54, 1.807) is 0 Å². The lowest BCUT2D eigenvalue weighted by Gasteiger charge is -2.07. The molecule has 1 aromatic carbocycles. The summed E-state index contributed by atoms with van der Waals surface area (Å²) in [4.78, 5) is 11.9. The lowest BCUT2D eigenvalue weighted by molar-refractivity contribution is 0.0951. The molecule has 0 spiro atoms. The summed E-state index contributed by atoms with van der Waals surface area (Å²) in [5, 5.41) is 4.77. The van der Waals surface area contributed by atoms with E-state index in [4.69, 9.17) is 0 Å². The summed E-state index contributed by atoms with van der Waals surface area (Å²) < 4.78 is 0.971. The van der Waals surface area contributed by atoms with Crippen molar-refractivity contribution in [3.05, 3.63) is 56.2 Å². The van der Waals surface area contributed by atoms with Gasteiger partial charge in [0.15, 0.2) is 0 Å². The molecule has 0 fully saturated rings. The minimum atomic E-state index is -0.0325. The van der Waals surface area contributed by atoms with E-state index in [1.165, 1.54) is 16.9 Å².